The molecule has 0 amide bonds. The molecule has 2 atom stereocenters. The van der Waals surface area contributed by atoms with Gasteiger partial charge in [-0.25, -0.2) is 8.42 Å². The minimum Gasteiger partial charge on any atom is -0.489 e. The van der Waals surface area contributed by atoms with Crippen molar-refractivity contribution in [3.05, 3.63) is 125 Å². The van der Waals surface area contributed by atoms with Crippen LogP contribution in [0.25, 0.3) is 0 Å². The van der Waals surface area contributed by atoms with Gasteiger partial charge in [0.15, 0.2) is 16.1 Å². The van der Waals surface area contributed by atoms with Gasteiger partial charge in [0, 0.05) is 12.5 Å². The lowest BCUT2D eigenvalue weighted by molar-refractivity contribution is -0.0531. The third-order valence-electron chi connectivity index (χ3n) is 6.96. The molecule has 1 aliphatic rings. The molecule has 1 aliphatic heterocycles. The van der Waals surface area contributed by atoms with E-state index in [4.69, 9.17) is 18.9 Å². The fraction of sp³-hybridized carbons (Fsp3) is 0.273. The summed E-state index contributed by atoms with van der Waals surface area (Å²) in [5.74, 6) is 0.904. The molecular weight excluding hydrogens is 540 g/mol. The molecule has 214 valence electrons. The highest BCUT2D eigenvalue weighted by atomic mass is 32.2. The molecule has 0 radical (unpaired) electrons. The molecular formula is C33H34O7S. The Kier molecular flexibility index (Phi) is 9.36. The van der Waals surface area contributed by atoms with E-state index in [1.807, 2.05) is 67.6 Å². The molecule has 0 spiro atoms. The second kappa shape index (κ2) is 13.3. The largest absolute Gasteiger partial charge is 0.489 e. The third-order valence-corrected chi connectivity index (χ3v) is 9.13. The van der Waals surface area contributed by atoms with Gasteiger partial charge in [-0.1, -0.05) is 78.4 Å². The lowest BCUT2D eigenvalue weighted by Gasteiger charge is -2.26. The highest BCUT2D eigenvalue weighted by Gasteiger charge is 2.38. The van der Waals surface area contributed by atoms with Gasteiger partial charge in [0.25, 0.3) is 0 Å². The van der Waals surface area contributed by atoms with Crippen LogP contribution in [0.5, 0.6) is 11.5 Å². The molecule has 7 nitrogen and oxygen atoms in total. The van der Waals surface area contributed by atoms with E-state index in [0.29, 0.717) is 43.5 Å². The maximum atomic E-state index is 13.9. The average molecular weight is 575 g/mol. The van der Waals surface area contributed by atoms with E-state index in [9.17, 15) is 13.5 Å². The van der Waals surface area contributed by atoms with Gasteiger partial charge in [-0.15, -0.1) is 0 Å². The molecule has 1 heterocycles. The van der Waals surface area contributed by atoms with Crippen molar-refractivity contribution in [3.8, 4) is 11.5 Å². The lowest BCUT2D eigenvalue weighted by atomic mass is 10.0. The molecule has 2 unspecified atom stereocenters. The fourth-order valence-corrected chi connectivity index (χ4v) is 6.46. The van der Waals surface area contributed by atoms with Crippen LogP contribution in [0.2, 0.25) is 0 Å². The normalized spacial score (nSPS) is 15.4. The molecule has 5 rings (SSSR count). The number of aryl methyl sites for hydroxylation is 1. The lowest BCUT2D eigenvalue weighted by Crippen LogP contribution is -2.33. The fourth-order valence-electron chi connectivity index (χ4n) is 4.69. The van der Waals surface area contributed by atoms with E-state index < -0.39 is 27.5 Å². The first-order valence-electron chi connectivity index (χ1n) is 13.6. The van der Waals surface area contributed by atoms with Gasteiger partial charge in [0.1, 0.15) is 30.0 Å². The highest BCUT2D eigenvalue weighted by molar-refractivity contribution is 7.92. The Morgan fingerprint density at radius 2 is 1.29 bits per heavy atom. The smallest absolute Gasteiger partial charge is 0.184 e. The second-order valence-electron chi connectivity index (χ2n) is 10.0. The number of hydrogen-bond donors (Lipinski definition) is 1. The first kappa shape index (κ1) is 28.8. The topological polar surface area (TPSA) is 91.3 Å². The van der Waals surface area contributed by atoms with Crippen LogP contribution in [0.1, 0.15) is 34.8 Å². The van der Waals surface area contributed by atoms with Crippen LogP contribution in [0.15, 0.2) is 108 Å². The molecule has 8 heteroatoms. The minimum absolute atomic E-state index is 0.0350. The Morgan fingerprint density at radius 1 is 0.780 bits per heavy atom. The van der Waals surface area contributed by atoms with Crippen molar-refractivity contribution < 1.29 is 32.5 Å². The molecule has 4 aromatic carbocycles. The molecule has 1 fully saturated rings. The number of aliphatic hydroxyl groups is 1. The third kappa shape index (κ3) is 7.54. The number of aliphatic hydroxyl groups excluding tert-OH is 1. The molecule has 1 N–H and O–H groups in total. The van der Waals surface area contributed by atoms with Crippen molar-refractivity contribution in [2.45, 2.75) is 49.1 Å². The van der Waals surface area contributed by atoms with Crippen LogP contribution in [-0.2, 0) is 32.5 Å². The van der Waals surface area contributed by atoms with Gasteiger partial charge in [-0.05, 0) is 47.9 Å². The Morgan fingerprint density at radius 3 is 1.80 bits per heavy atom. The first-order valence-corrected chi connectivity index (χ1v) is 15.1. The summed E-state index contributed by atoms with van der Waals surface area (Å²) in [6, 6.07) is 31.1. The van der Waals surface area contributed by atoms with Crippen molar-refractivity contribution in [3.63, 3.8) is 0 Å². The predicted molar refractivity (Wildman–Crippen MR) is 155 cm³/mol. The van der Waals surface area contributed by atoms with Gasteiger partial charge < -0.3 is 24.1 Å². The van der Waals surface area contributed by atoms with Crippen molar-refractivity contribution in [2.75, 3.05) is 13.2 Å². The number of benzene rings is 4. The molecule has 0 aromatic heterocycles. The standard InChI is InChI=1S/C33H34O7S/c1-24-12-14-30(15-13-24)41(35,36)31(21-32-37-16-17-38-32)33(34)27-18-28(39-22-25-8-4-2-5-9-25)20-29(19-27)40-23-26-10-6-3-7-11-26/h2-15,18-20,31-34H,16-17,21-23H2,1H3. The Labute approximate surface area is 241 Å². The van der Waals surface area contributed by atoms with E-state index in [2.05, 4.69) is 0 Å². The van der Waals surface area contributed by atoms with Gasteiger partial charge in [-0.3, -0.25) is 0 Å². The van der Waals surface area contributed by atoms with Gasteiger partial charge >= 0.3 is 0 Å². The minimum atomic E-state index is -3.98. The molecule has 0 aliphatic carbocycles. The van der Waals surface area contributed by atoms with E-state index >= 15 is 0 Å². The number of rotatable bonds is 12. The zero-order chi connectivity index (χ0) is 28.7. The van der Waals surface area contributed by atoms with E-state index in [0.717, 1.165) is 16.7 Å². The number of ether oxygens (including phenoxy) is 4. The second-order valence-corrected chi connectivity index (χ2v) is 12.2. The Balaban J connectivity index is 1.47. The molecule has 41 heavy (non-hydrogen) atoms. The zero-order valence-electron chi connectivity index (χ0n) is 22.9. The molecule has 4 aromatic rings. The average Bonchev–Trinajstić information content (AvgIpc) is 3.52. The predicted octanol–water partition coefficient (Wildman–Crippen LogP) is 5.79. The summed E-state index contributed by atoms with van der Waals surface area (Å²) in [6.07, 6.45) is -2.18. The first-order chi connectivity index (χ1) is 19.9. The summed E-state index contributed by atoms with van der Waals surface area (Å²) in [5, 5.41) is 10.5. The van der Waals surface area contributed by atoms with E-state index in [1.54, 1.807) is 42.5 Å². The van der Waals surface area contributed by atoms with Crippen molar-refractivity contribution in [2.24, 2.45) is 0 Å². The van der Waals surface area contributed by atoms with Crippen LogP contribution in [0.3, 0.4) is 0 Å². The maximum absolute atomic E-state index is 13.9. The van der Waals surface area contributed by atoms with Crippen LogP contribution in [-0.4, -0.2) is 38.3 Å². The van der Waals surface area contributed by atoms with Crippen molar-refractivity contribution >= 4 is 9.84 Å². The summed E-state index contributed by atoms with van der Waals surface area (Å²) in [5.41, 5.74) is 3.24. The summed E-state index contributed by atoms with van der Waals surface area (Å²) in [7, 11) is -3.98. The quantitative estimate of drug-likeness (QED) is 0.229. The molecule has 0 bridgehead atoms. The summed E-state index contributed by atoms with van der Waals surface area (Å²) < 4.78 is 51.2. The van der Waals surface area contributed by atoms with Crippen LogP contribution in [0.4, 0.5) is 0 Å². The SMILES string of the molecule is Cc1ccc(S(=O)(=O)C(CC2OCCO2)C(O)c2cc(OCc3ccccc3)cc(OCc3ccccc3)c2)cc1. The van der Waals surface area contributed by atoms with Gasteiger partial charge in [0.05, 0.1) is 24.2 Å². The number of hydrogen-bond acceptors (Lipinski definition) is 7. The summed E-state index contributed by atoms with van der Waals surface area (Å²) in [6.45, 7) is 3.23. The van der Waals surface area contributed by atoms with E-state index in [-0.39, 0.29) is 11.3 Å². The monoisotopic (exact) mass is 574 g/mol. The Hall–Kier alpha value is -3.69. The van der Waals surface area contributed by atoms with Crippen LogP contribution >= 0.6 is 0 Å². The van der Waals surface area contributed by atoms with Gasteiger partial charge in [0.2, 0.25) is 0 Å². The number of sulfone groups is 1. The zero-order valence-corrected chi connectivity index (χ0v) is 23.7. The van der Waals surface area contributed by atoms with Gasteiger partial charge in [-0.2, -0.15) is 0 Å². The molecule has 1 saturated heterocycles. The Bertz CT molecular complexity index is 1440. The summed E-state index contributed by atoms with van der Waals surface area (Å²) in [4.78, 5) is 0.127. The van der Waals surface area contributed by atoms with Crippen LogP contribution in [0, 0.1) is 6.92 Å². The summed E-state index contributed by atoms with van der Waals surface area (Å²) >= 11 is 0. The molecule has 0 saturated carbocycles. The van der Waals surface area contributed by atoms with E-state index in [1.165, 1.54) is 0 Å². The maximum Gasteiger partial charge on any atom is 0.184 e. The van der Waals surface area contributed by atoms with Crippen molar-refractivity contribution in [1.29, 1.82) is 0 Å². The van der Waals surface area contributed by atoms with Crippen molar-refractivity contribution in [1.82, 2.24) is 0 Å². The highest BCUT2D eigenvalue weighted by Crippen LogP contribution is 2.36. The van der Waals surface area contributed by atoms with Crippen LogP contribution < -0.4 is 9.47 Å².